The van der Waals surface area contributed by atoms with Gasteiger partial charge in [-0.1, -0.05) is 12.8 Å². The van der Waals surface area contributed by atoms with Crippen molar-refractivity contribution in [1.29, 1.82) is 0 Å². The summed E-state index contributed by atoms with van der Waals surface area (Å²) in [6.07, 6.45) is 4.43. The number of rotatable bonds is 5. The number of H-pyrrole nitrogens is 1. The predicted octanol–water partition coefficient (Wildman–Crippen LogP) is 1.81. The van der Waals surface area contributed by atoms with Crippen molar-refractivity contribution in [3.63, 3.8) is 0 Å². The molecule has 1 aromatic carbocycles. The second-order valence-corrected chi connectivity index (χ2v) is 6.24. The first kappa shape index (κ1) is 16.9. The molecule has 0 bridgehead atoms. The van der Waals surface area contributed by atoms with Crippen LogP contribution in [0.1, 0.15) is 31.2 Å². The maximum absolute atomic E-state index is 13.0. The normalized spacial score (nSPS) is 15.7. The van der Waals surface area contributed by atoms with E-state index >= 15 is 0 Å². The lowest BCUT2D eigenvalue weighted by molar-refractivity contribution is -0.123. The van der Waals surface area contributed by atoms with Gasteiger partial charge in [0.25, 0.3) is 0 Å². The molecule has 1 saturated carbocycles. The van der Waals surface area contributed by atoms with Crippen LogP contribution in [0.4, 0.5) is 9.18 Å². The Morgan fingerprint density at radius 1 is 1.24 bits per heavy atom. The summed E-state index contributed by atoms with van der Waals surface area (Å²) in [4.78, 5) is 23.9. The van der Waals surface area contributed by atoms with Gasteiger partial charge in [-0.25, -0.2) is 9.18 Å². The van der Waals surface area contributed by atoms with E-state index in [1.54, 1.807) is 18.3 Å². The van der Waals surface area contributed by atoms with Crippen LogP contribution in [0.3, 0.4) is 0 Å². The number of carbonyl (C=O) groups excluding carboxylic acids is 2. The fourth-order valence-electron chi connectivity index (χ4n) is 3.16. The highest BCUT2D eigenvalue weighted by atomic mass is 19.1. The van der Waals surface area contributed by atoms with Crippen LogP contribution in [0.2, 0.25) is 0 Å². The first-order chi connectivity index (χ1) is 12.0. The molecule has 0 saturated heterocycles. The Morgan fingerprint density at radius 3 is 2.56 bits per heavy atom. The van der Waals surface area contributed by atoms with Crippen molar-refractivity contribution in [1.82, 2.24) is 20.8 Å². The summed E-state index contributed by atoms with van der Waals surface area (Å²) >= 11 is 0. The summed E-state index contributed by atoms with van der Waals surface area (Å²) in [5.41, 5.74) is 6.71. The number of hydrogen-bond acceptors (Lipinski definition) is 3. The average molecular weight is 345 g/mol. The zero-order chi connectivity index (χ0) is 17.9. The lowest BCUT2D eigenvalue weighted by Gasteiger charge is -2.26. The molecule has 5 N–H and O–H groups in total. The second kappa shape index (κ2) is 6.92. The number of aromatic nitrogens is 2. The van der Waals surface area contributed by atoms with Crippen molar-refractivity contribution in [3.8, 4) is 11.3 Å². The van der Waals surface area contributed by atoms with Gasteiger partial charge in [-0.05, 0) is 37.1 Å². The Balaban J connectivity index is 1.64. The Labute approximate surface area is 144 Å². The van der Waals surface area contributed by atoms with Crippen LogP contribution in [0.15, 0.2) is 30.5 Å². The van der Waals surface area contributed by atoms with Gasteiger partial charge < -0.3 is 16.4 Å². The number of benzene rings is 1. The quantitative estimate of drug-likeness (QED) is 0.663. The van der Waals surface area contributed by atoms with E-state index in [0.29, 0.717) is 18.5 Å². The third-order valence-electron chi connectivity index (χ3n) is 4.57. The summed E-state index contributed by atoms with van der Waals surface area (Å²) in [7, 11) is 0. The van der Waals surface area contributed by atoms with E-state index in [0.717, 1.165) is 24.0 Å². The number of halogens is 1. The Hall–Kier alpha value is -2.90. The van der Waals surface area contributed by atoms with Crippen molar-refractivity contribution >= 4 is 11.9 Å². The molecule has 0 unspecified atom stereocenters. The van der Waals surface area contributed by atoms with Crippen LogP contribution in [0.5, 0.6) is 0 Å². The van der Waals surface area contributed by atoms with E-state index in [2.05, 4.69) is 20.8 Å². The third-order valence-corrected chi connectivity index (χ3v) is 4.57. The van der Waals surface area contributed by atoms with Crippen molar-refractivity contribution in [2.75, 3.05) is 0 Å². The molecule has 0 radical (unpaired) electrons. The maximum atomic E-state index is 13.0. The first-order valence-corrected chi connectivity index (χ1v) is 8.14. The smallest absolute Gasteiger partial charge is 0.315 e. The molecule has 1 fully saturated rings. The SMILES string of the molecule is NC(=O)C1(NC(=O)NCc2cn[nH]c2-c2ccc(F)cc2)CCCC1. The Kier molecular flexibility index (Phi) is 4.69. The highest BCUT2D eigenvalue weighted by Crippen LogP contribution is 2.29. The molecule has 1 aliphatic rings. The minimum Gasteiger partial charge on any atom is -0.368 e. The molecule has 8 heteroatoms. The van der Waals surface area contributed by atoms with Gasteiger partial charge in [0.1, 0.15) is 11.4 Å². The molecule has 1 aliphatic carbocycles. The van der Waals surface area contributed by atoms with Gasteiger partial charge in [-0.3, -0.25) is 9.89 Å². The number of nitrogens with two attached hydrogens (primary N) is 1. The standard InChI is InChI=1S/C17H20FN5O2/c18-13-5-3-11(4-6-13)14-12(10-21-23-14)9-20-16(25)22-17(15(19)24)7-1-2-8-17/h3-6,10H,1-2,7-9H2,(H2,19,24)(H,21,23)(H2,20,22,25). The number of nitrogens with zero attached hydrogens (tertiary/aromatic N) is 1. The molecule has 0 spiro atoms. The fraction of sp³-hybridized carbons (Fsp3) is 0.353. The molecule has 2 aromatic rings. The number of urea groups is 1. The minimum absolute atomic E-state index is 0.212. The third kappa shape index (κ3) is 3.62. The Bertz CT molecular complexity index is 766. The van der Waals surface area contributed by atoms with Crippen molar-refractivity contribution in [2.24, 2.45) is 5.73 Å². The molecule has 25 heavy (non-hydrogen) atoms. The number of primary amides is 1. The van der Waals surface area contributed by atoms with Gasteiger partial charge in [0.15, 0.2) is 0 Å². The number of amides is 3. The molecule has 7 nitrogen and oxygen atoms in total. The van der Waals surface area contributed by atoms with Gasteiger partial charge in [0.05, 0.1) is 11.9 Å². The van der Waals surface area contributed by atoms with Gasteiger partial charge in [0, 0.05) is 17.7 Å². The van der Waals surface area contributed by atoms with Crippen molar-refractivity contribution < 1.29 is 14.0 Å². The van der Waals surface area contributed by atoms with E-state index in [1.807, 2.05) is 0 Å². The lowest BCUT2D eigenvalue weighted by Crippen LogP contribution is -2.57. The highest BCUT2D eigenvalue weighted by Gasteiger charge is 2.40. The van der Waals surface area contributed by atoms with Crippen LogP contribution >= 0.6 is 0 Å². The number of nitrogens with one attached hydrogen (secondary N) is 3. The molecule has 1 heterocycles. The van der Waals surface area contributed by atoms with Gasteiger partial charge in [-0.15, -0.1) is 0 Å². The van der Waals surface area contributed by atoms with Crippen LogP contribution in [0, 0.1) is 5.82 Å². The lowest BCUT2D eigenvalue weighted by atomic mass is 9.97. The molecular weight excluding hydrogens is 325 g/mol. The van der Waals surface area contributed by atoms with E-state index in [4.69, 9.17) is 5.73 Å². The summed E-state index contributed by atoms with van der Waals surface area (Å²) in [5.74, 6) is -0.828. The van der Waals surface area contributed by atoms with E-state index in [9.17, 15) is 14.0 Å². The molecule has 1 aromatic heterocycles. The van der Waals surface area contributed by atoms with Crippen LogP contribution in [-0.2, 0) is 11.3 Å². The van der Waals surface area contributed by atoms with E-state index in [1.165, 1.54) is 12.1 Å². The Morgan fingerprint density at radius 2 is 1.92 bits per heavy atom. The minimum atomic E-state index is -0.958. The van der Waals surface area contributed by atoms with Crippen molar-refractivity contribution in [2.45, 2.75) is 37.8 Å². The summed E-state index contributed by atoms with van der Waals surface area (Å²) in [5, 5.41) is 12.3. The number of hydrogen-bond donors (Lipinski definition) is 4. The highest BCUT2D eigenvalue weighted by molar-refractivity contribution is 5.90. The molecule has 3 amide bonds. The predicted molar refractivity (Wildman–Crippen MR) is 89.7 cm³/mol. The number of carbonyl (C=O) groups is 2. The molecule has 0 aliphatic heterocycles. The summed E-state index contributed by atoms with van der Waals surface area (Å²) < 4.78 is 13.0. The molecular formula is C17H20FN5O2. The first-order valence-electron chi connectivity index (χ1n) is 8.14. The monoisotopic (exact) mass is 345 g/mol. The van der Waals surface area contributed by atoms with E-state index < -0.39 is 17.5 Å². The largest absolute Gasteiger partial charge is 0.368 e. The van der Waals surface area contributed by atoms with Gasteiger partial charge >= 0.3 is 6.03 Å². The van der Waals surface area contributed by atoms with E-state index in [-0.39, 0.29) is 12.4 Å². The molecule has 3 rings (SSSR count). The average Bonchev–Trinajstić information content (AvgIpc) is 3.23. The zero-order valence-electron chi connectivity index (χ0n) is 13.6. The summed E-state index contributed by atoms with van der Waals surface area (Å²) in [6, 6.07) is 5.53. The summed E-state index contributed by atoms with van der Waals surface area (Å²) in [6.45, 7) is 0.212. The second-order valence-electron chi connectivity index (χ2n) is 6.24. The van der Waals surface area contributed by atoms with Crippen LogP contribution < -0.4 is 16.4 Å². The maximum Gasteiger partial charge on any atom is 0.315 e. The van der Waals surface area contributed by atoms with Crippen molar-refractivity contribution in [3.05, 3.63) is 41.8 Å². The van der Waals surface area contributed by atoms with Gasteiger partial charge in [0.2, 0.25) is 5.91 Å². The topological polar surface area (TPSA) is 113 Å². The zero-order valence-corrected chi connectivity index (χ0v) is 13.6. The van der Waals surface area contributed by atoms with Gasteiger partial charge in [-0.2, -0.15) is 5.10 Å². The molecule has 0 atom stereocenters. The fourth-order valence-corrected chi connectivity index (χ4v) is 3.16. The molecule has 132 valence electrons. The van der Waals surface area contributed by atoms with Crippen LogP contribution in [-0.4, -0.2) is 27.7 Å². The number of aromatic amines is 1. The van der Waals surface area contributed by atoms with Crippen LogP contribution in [0.25, 0.3) is 11.3 Å².